The number of hydrogen-bond acceptors (Lipinski definition) is 4. The molecule has 0 saturated carbocycles. The molecule has 6 heteroatoms. The minimum atomic E-state index is -3.68. The van der Waals surface area contributed by atoms with E-state index in [-0.39, 0.29) is 11.5 Å². The third kappa shape index (κ3) is 1.56. The van der Waals surface area contributed by atoms with Crippen molar-refractivity contribution in [2.45, 2.75) is 4.90 Å². The van der Waals surface area contributed by atoms with Gasteiger partial charge >= 0.3 is 0 Å². The van der Waals surface area contributed by atoms with Gasteiger partial charge in [-0.25, -0.2) is 18.7 Å². The zero-order chi connectivity index (χ0) is 11.1. The highest BCUT2D eigenvalue weighted by atomic mass is 32.2. The SMILES string of the molecule is NOCC1=CS(=O)(=O)c2c(F)cccc21. The van der Waals surface area contributed by atoms with Gasteiger partial charge in [0.1, 0.15) is 10.7 Å². The number of rotatable bonds is 2. The van der Waals surface area contributed by atoms with Gasteiger partial charge in [0.2, 0.25) is 9.84 Å². The first-order valence-corrected chi connectivity index (χ1v) is 5.67. The lowest BCUT2D eigenvalue weighted by molar-refractivity contribution is 0.173. The summed E-state index contributed by atoms with van der Waals surface area (Å²) in [5.74, 6) is 4.11. The summed E-state index contributed by atoms with van der Waals surface area (Å²) in [6.45, 7) is -0.0598. The lowest BCUT2D eigenvalue weighted by Crippen LogP contribution is -2.02. The zero-order valence-electron chi connectivity index (χ0n) is 7.60. The maximum absolute atomic E-state index is 13.3. The molecule has 0 spiro atoms. The Hall–Kier alpha value is -1.24. The molecule has 2 N–H and O–H groups in total. The quantitative estimate of drug-likeness (QED) is 0.763. The van der Waals surface area contributed by atoms with Gasteiger partial charge in [-0.05, 0) is 6.07 Å². The van der Waals surface area contributed by atoms with E-state index >= 15 is 0 Å². The predicted molar refractivity (Wildman–Crippen MR) is 51.7 cm³/mol. The highest BCUT2D eigenvalue weighted by molar-refractivity contribution is 7.95. The molecule has 0 amide bonds. The largest absolute Gasteiger partial charge is 0.300 e. The van der Waals surface area contributed by atoms with Gasteiger partial charge in [0.25, 0.3) is 0 Å². The first-order valence-electron chi connectivity index (χ1n) is 4.12. The van der Waals surface area contributed by atoms with Crippen LogP contribution in [0.4, 0.5) is 4.39 Å². The fourth-order valence-electron chi connectivity index (χ4n) is 1.56. The van der Waals surface area contributed by atoms with Crippen molar-refractivity contribution >= 4 is 15.4 Å². The third-order valence-electron chi connectivity index (χ3n) is 2.13. The van der Waals surface area contributed by atoms with Gasteiger partial charge in [0, 0.05) is 16.5 Å². The fourth-order valence-corrected chi connectivity index (χ4v) is 3.10. The van der Waals surface area contributed by atoms with E-state index in [1.165, 1.54) is 12.1 Å². The summed E-state index contributed by atoms with van der Waals surface area (Å²) in [5.41, 5.74) is 0.687. The lowest BCUT2D eigenvalue weighted by Gasteiger charge is -2.02. The van der Waals surface area contributed by atoms with Gasteiger partial charge in [-0.3, -0.25) is 4.84 Å². The van der Waals surface area contributed by atoms with Crippen LogP contribution in [0.5, 0.6) is 0 Å². The first kappa shape index (κ1) is 10.3. The minimum absolute atomic E-state index is 0.0598. The standard InChI is InChI=1S/C9H8FNO3S/c10-8-3-1-2-7-6(4-14-11)5-15(12,13)9(7)8/h1-3,5H,4,11H2. The summed E-state index contributed by atoms with van der Waals surface area (Å²) < 4.78 is 36.4. The van der Waals surface area contributed by atoms with Crippen molar-refractivity contribution < 1.29 is 17.6 Å². The highest BCUT2D eigenvalue weighted by Crippen LogP contribution is 2.34. The maximum Gasteiger partial charge on any atom is 0.203 e. The fraction of sp³-hybridized carbons (Fsp3) is 0.111. The molecule has 2 rings (SSSR count). The Labute approximate surface area is 86.0 Å². The Balaban J connectivity index is 2.68. The van der Waals surface area contributed by atoms with Crippen LogP contribution in [0.15, 0.2) is 28.5 Å². The monoisotopic (exact) mass is 229 g/mol. The molecule has 1 aliphatic heterocycles. The Morgan fingerprint density at radius 2 is 2.13 bits per heavy atom. The Kier molecular flexibility index (Phi) is 2.34. The van der Waals surface area contributed by atoms with Crippen molar-refractivity contribution in [3.8, 4) is 0 Å². The second-order valence-electron chi connectivity index (χ2n) is 3.12. The summed E-state index contributed by atoms with van der Waals surface area (Å²) in [5, 5.41) is 0.980. The number of halogens is 1. The van der Waals surface area contributed by atoms with Crippen LogP contribution in [0.2, 0.25) is 0 Å². The average Bonchev–Trinajstić information content (AvgIpc) is 2.40. The van der Waals surface area contributed by atoms with Crippen molar-refractivity contribution in [2.75, 3.05) is 6.61 Å². The van der Waals surface area contributed by atoms with Crippen molar-refractivity contribution in [3.63, 3.8) is 0 Å². The van der Waals surface area contributed by atoms with Gasteiger partial charge in [0.15, 0.2) is 0 Å². The van der Waals surface area contributed by atoms with Gasteiger partial charge in [-0.15, -0.1) is 0 Å². The number of sulfone groups is 1. The molecule has 0 aliphatic carbocycles. The van der Waals surface area contributed by atoms with E-state index in [1.54, 1.807) is 0 Å². The van der Waals surface area contributed by atoms with E-state index in [2.05, 4.69) is 4.84 Å². The topological polar surface area (TPSA) is 69.4 Å². The molecule has 0 fully saturated rings. The average molecular weight is 229 g/mol. The minimum Gasteiger partial charge on any atom is -0.300 e. The molecular weight excluding hydrogens is 221 g/mol. The first-order chi connectivity index (χ1) is 7.06. The number of fused-ring (bicyclic) bond motifs is 1. The van der Waals surface area contributed by atoms with Crippen LogP contribution in [0.3, 0.4) is 0 Å². The lowest BCUT2D eigenvalue weighted by atomic mass is 10.1. The Bertz CT molecular complexity index is 536. The molecule has 0 radical (unpaired) electrons. The van der Waals surface area contributed by atoms with E-state index in [0.717, 1.165) is 11.5 Å². The van der Waals surface area contributed by atoms with E-state index in [4.69, 9.17) is 5.90 Å². The molecule has 1 heterocycles. The molecule has 0 atom stereocenters. The van der Waals surface area contributed by atoms with E-state index in [0.29, 0.717) is 11.1 Å². The summed E-state index contributed by atoms with van der Waals surface area (Å²) in [7, 11) is -3.68. The Morgan fingerprint density at radius 3 is 2.80 bits per heavy atom. The summed E-state index contributed by atoms with van der Waals surface area (Å²) in [6.07, 6.45) is 0. The van der Waals surface area contributed by atoms with Crippen LogP contribution in [0.1, 0.15) is 5.56 Å². The number of nitrogens with two attached hydrogens (primary N) is 1. The molecule has 4 nitrogen and oxygen atoms in total. The molecular formula is C9H8FNO3S. The predicted octanol–water partition coefficient (Wildman–Crippen LogP) is 0.844. The van der Waals surface area contributed by atoms with Crippen molar-refractivity contribution in [1.82, 2.24) is 0 Å². The highest BCUT2D eigenvalue weighted by Gasteiger charge is 2.29. The third-order valence-corrected chi connectivity index (χ3v) is 3.71. The van der Waals surface area contributed by atoms with Crippen LogP contribution in [0, 0.1) is 5.82 Å². The van der Waals surface area contributed by atoms with Gasteiger partial charge in [-0.1, -0.05) is 12.1 Å². The normalized spacial score (nSPS) is 17.3. The van der Waals surface area contributed by atoms with Crippen molar-refractivity contribution in [3.05, 3.63) is 35.0 Å². The molecule has 0 saturated heterocycles. The molecule has 1 aromatic rings. The second-order valence-corrected chi connectivity index (χ2v) is 4.85. The van der Waals surface area contributed by atoms with Crippen LogP contribution < -0.4 is 5.90 Å². The molecule has 80 valence electrons. The molecule has 0 unspecified atom stereocenters. The van der Waals surface area contributed by atoms with Crippen LogP contribution in [-0.4, -0.2) is 15.0 Å². The van der Waals surface area contributed by atoms with Crippen LogP contribution >= 0.6 is 0 Å². The van der Waals surface area contributed by atoms with E-state index < -0.39 is 15.7 Å². The molecule has 15 heavy (non-hydrogen) atoms. The summed E-state index contributed by atoms with van der Waals surface area (Å²) in [6, 6.07) is 4.07. The van der Waals surface area contributed by atoms with Crippen LogP contribution in [0.25, 0.3) is 5.57 Å². The number of benzene rings is 1. The van der Waals surface area contributed by atoms with Gasteiger partial charge in [0.05, 0.1) is 6.61 Å². The molecule has 0 bridgehead atoms. The van der Waals surface area contributed by atoms with Gasteiger partial charge in [-0.2, -0.15) is 0 Å². The second kappa shape index (κ2) is 3.41. The number of hydrogen-bond donors (Lipinski definition) is 1. The molecule has 0 aromatic heterocycles. The van der Waals surface area contributed by atoms with Crippen LogP contribution in [-0.2, 0) is 14.7 Å². The van der Waals surface area contributed by atoms with E-state index in [9.17, 15) is 12.8 Å². The van der Waals surface area contributed by atoms with Crippen molar-refractivity contribution in [1.29, 1.82) is 0 Å². The van der Waals surface area contributed by atoms with Gasteiger partial charge < -0.3 is 0 Å². The summed E-state index contributed by atoms with van der Waals surface area (Å²) >= 11 is 0. The molecule has 1 aliphatic rings. The Morgan fingerprint density at radius 1 is 1.40 bits per heavy atom. The smallest absolute Gasteiger partial charge is 0.203 e. The van der Waals surface area contributed by atoms with Crippen molar-refractivity contribution in [2.24, 2.45) is 5.90 Å². The zero-order valence-corrected chi connectivity index (χ0v) is 8.42. The maximum atomic E-state index is 13.3. The summed E-state index contributed by atoms with van der Waals surface area (Å²) in [4.78, 5) is 4.07. The van der Waals surface area contributed by atoms with E-state index in [1.807, 2.05) is 0 Å². The molecule has 1 aromatic carbocycles.